The van der Waals surface area contributed by atoms with Gasteiger partial charge in [0.05, 0.1) is 22.3 Å². The van der Waals surface area contributed by atoms with Gasteiger partial charge >= 0.3 is 0 Å². The maximum absolute atomic E-state index is 6.16. The van der Waals surface area contributed by atoms with Gasteiger partial charge in [0, 0.05) is 0 Å². The molecule has 0 fully saturated rings. The fourth-order valence-corrected chi connectivity index (χ4v) is 2.26. The number of hydrogen-bond donors (Lipinski definition) is 1. The van der Waals surface area contributed by atoms with Gasteiger partial charge in [0.1, 0.15) is 0 Å². The molecular weight excluding hydrogens is 271 g/mol. The summed E-state index contributed by atoms with van der Waals surface area (Å²) >= 11 is 12.1. The largest absolute Gasteiger partial charge is 0.381 e. The Hall–Kier alpha value is -1.26. The molecule has 4 nitrogen and oxygen atoms in total. The molecule has 0 saturated carbocycles. The van der Waals surface area contributed by atoms with E-state index in [1.807, 2.05) is 26.0 Å². The average molecular weight is 285 g/mol. The van der Waals surface area contributed by atoms with Crippen LogP contribution in [0.4, 0.5) is 5.82 Å². The van der Waals surface area contributed by atoms with Crippen LogP contribution in [0.25, 0.3) is 0 Å². The highest BCUT2D eigenvalue weighted by Gasteiger charge is 2.15. The van der Waals surface area contributed by atoms with E-state index >= 15 is 0 Å². The Labute approximate surface area is 116 Å². The van der Waals surface area contributed by atoms with Crippen molar-refractivity contribution in [3.05, 3.63) is 39.5 Å². The van der Waals surface area contributed by atoms with Crippen molar-refractivity contribution >= 4 is 29.0 Å². The van der Waals surface area contributed by atoms with Gasteiger partial charge < -0.3 is 5.73 Å². The number of halogens is 2. The fourth-order valence-electron chi connectivity index (χ4n) is 1.88. The monoisotopic (exact) mass is 284 g/mol. The zero-order chi connectivity index (χ0) is 13.3. The van der Waals surface area contributed by atoms with E-state index in [0.29, 0.717) is 22.4 Å². The number of aromatic nitrogens is 3. The summed E-state index contributed by atoms with van der Waals surface area (Å²) in [4.78, 5) is 0. The molecule has 0 amide bonds. The Balaban J connectivity index is 2.37. The maximum Gasteiger partial charge on any atom is 0.169 e. The molecule has 0 aliphatic carbocycles. The topological polar surface area (TPSA) is 56.7 Å². The average Bonchev–Trinajstić information content (AvgIpc) is 2.66. The Kier molecular flexibility index (Phi) is 3.78. The smallest absolute Gasteiger partial charge is 0.169 e. The lowest BCUT2D eigenvalue weighted by Crippen LogP contribution is -2.09. The predicted octanol–water partition coefficient (Wildman–Crippen LogP) is 3.34. The van der Waals surface area contributed by atoms with Gasteiger partial charge in [-0.2, -0.15) is 0 Å². The van der Waals surface area contributed by atoms with Crippen LogP contribution in [0.2, 0.25) is 10.0 Å². The van der Waals surface area contributed by atoms with Gasteiger partial charge in [0.2, 0.25) is 0 Å². The van der Waals surface area contributed by atoms with Crippen molar-refractivity contribution in [1.82, 2.24) is 15.0 Å². The minimum Gasteiger partial charge on any atom is -0.381 e. The van der Waals surface area contributed by atoms with Gasteiger partial charge in [-0.15, -0.1) is 5.10 Å². The third-order valence-corrected chi connectivity index (χ3v) is 3.56. The summed E-state index contributed by atoms with van der Waals surface area (Å²) in [6, 6.07) is 5.53. The van der Waals surface area contributed by atoms with Crippen molar-refractivity contribution in [2.75, 3.05) is 5.73 Å². The molecule has 0 aliphatic rings. The first-order valence-electron chi connectivity index (χ1n) is 5.62. The van der Waals surface area contributed by atoms with Gasteiger partial charge in [-0.1, -0.05) is 54.4 Å². The van der Waals surface area contributed by atoms with E-state index < -0.39 is 0 Å². The lowest BCUT2D eigenvalue weighted by molar-refractivity contribution is 0.598. The second-order valence-corrected chi connectivity index (χ2v) is 5.17. The maximum atomic E-state index is 6.16. The number of benzene rings is 1. The highest BCUT2D eigenvalue weighted by atomic mass is 35.5. The van der Waals surface area contributed by atoms with Crippen LogP contribution >= 0.6 is 23.2 Å². The van der Waals surface area contributed by atoms with Crippen LogP contribution in [0.1, 0.15) is 31.0 Å². The van der Waals surface area contributed by atoms with Crippen LogP contribution in [0.5, 0.6) is 0 Å². The van der Waals surface area contributed by atoms with Crippen LogP contribution in [0, 0.1) is 0 Å². The number of anilines is 1. The van der Waals surface area contributed by atoms with Crippen LogP contribution < -0.4 is 5.73 Å². The van der Waals surface area contributed by atoms with E-state index in [9.17, 15) is 0 Å². The Morgan fingerprint density at radius 1 is 1.33 bits per heavy atom. The summed E-state index contributed by atoms with van der Waals surface area (Å²) in [5, 5.41) is 9.02. The third kappa shape index (κ3) is 2.44. The molecule has 1 aromatic heterocycles. The molecule has 1 aromatic carbocycles. The number of nitrogen functional groups attached to an aromatic ring is 1. The molecule has 18 heavy (non-hydrogen) atoms. The lowest BCUT2D eigenvalue weighted by atomic mass is 10.1. The van der Waals surface area contributed by atoms with E-state index in [0.717, 1.165) is 11.3 Å². The SMILES string of the molecule is CC(C)c1c(N)nnn1Cc1cccc(Cl)c1Cl. The quantitative estimate of drug-likeness (QED) is 0.941. The van der Waals surface area contributed by atoms with E-state index in [1.54, 1.807) is 10.7 Å². The summed E-state index contributed by atoms with van der Waals surface area (Å²) in [6.45, 7) is 4.60. The van der Waals surface area contributed by atoms with Crippen molar-refractivity contribution < 1.29 is 0 Å². The second-order valence-electron chi connectivity index (χ2n) is 4.39. The van der Waals surface area contributed by atoms with Gasteiger partial charge in [-0.3, -0.25) is 0 Å². The first kappa shape index (κ1) is 13.2. The van der Waals surface area contributed by atoms with E-state index in [1.165, 1.54) is 0 Å². The lowest BCUT2D eigenvalue weighted by Gasteiger charge is -2.11. The molecule has 2 rings (SSSR count). The summed E-state index contributed by atoms with van der Waals surface area (Å²) in [5.74, 6) is 0.709. The number of nitrogens with zero attached hydrogens (tertiary/aromatic N) is 3. The highest BCUT2D eigenvalue weighted by molar-refractivity contribution is 6.42. The third-order valence-electron chi connectivity index (χ3n) is 2.70. The predicted molar refractivity (Wildman–Crippen MR) is 74.1 cm³/mol. The van der Waals surface area contributed by atoms with Crippen molar-refractivity contribution in [2.45, 2.75) is 26.3 Å². The fraction of sp³-hybridized carbons (Fsp3) is 0.333. The van der Waals surface area contributed by atoms with E-state index in [-0.39, 0.29) is 5.92 Å². The zero-order valence-corrected chi connectivity index (χ0v) is 11.7. The van der Waals surface area contributed by atoms with Gasteiger partial charge in [0.15, 0.2) is 5.82 Å². The van der Waals surface area contributed by atoms with Crippen molar-refractivity contribution in [1.29, 1.82) is 0 Å². The van der Waals surface area contributed by atoms with Crippen molar-refractivity contribution in [3.8, 4) is 0 Å². The van der Waals surface area contributed by atoms with Crippen LogP contribution in [0.3, 0.4) is 0 Å². The zero-order valence-electron chi connectivity index (χ0n) is 10.2. The molecule has 2 aromatic rings. The van der Waals surface area contributed by atoms with Crippen molar-refractivity contribution in [3.63, 3.8) is 0 Å². The summed E-state index contributed by atoms with van der Waals surface area (Å²) < 4.78 is 1.76. The first-order valence-corrected chi connectivity index (χ1v) is 6.38. The molecule has 0 unspecified atom stereocenters. The molecule has 1 heterocycles. The normalized spacial score (nSPS) is 11.2. The Bertz CT molecular complexity index is 563. The Morgan fingerprint density at radius 3 is 2.72 bits per heavy atom. The molecule has 0 bridgehead atoms. The van der Waals surface area contributed by atoms with Crippen LogP contribution in [0.15, 0.2) is 18.2 Å². The molecule has 0 radical (unpaired) electrons. The molecule has 0 aliphatic heterocycles. The minimum atomic E-state index is 0.248. The Morgan fingerprint density at radius 2 is 2.06 bits per heavy atom. The summed E-state index contributed by atoms with van der Waals surface area (Å²) in [7, 11) is 0. The van der Waals surface area contributed by atoms with E-state index in [2.05, 4.69) is 10.3 Å². The van der Waals surface area contributed by atoms with Crippen LogP contribution in [-0.4, -0.2) is 15.0 Å². The molecule has 96 valence electrons. The number of nitrogens with two attached hydrogens (primary N) is 1. The molecular formula is C12H14Cl2N4. The highest BCUT2D eigenvalue weighted by Crippen LogP contribution is 2.27. The van der Waals surface area contributed by atoms with E-state index in [4.69, 9.17) is 28.9 Å². The summed E-state index contributed by atoms with van der Waals surface area (Å²) in [5.41, 5.74) is 7.62. The standard InChI is InChI=1S/C12H14Cl2N4/c1-7(2)11-12(15)16-17-18(11)6-8-4-3-5-9(13)10(8)14/h3-5,7H,6,15H2,1-2H3. The minimum absolute atomic E-state index is 0.248. The summed E-state index contributed by atoms with van der Waals surface area (Å²) in [6.07, 6.45) is 0. The molecule has 0 atom stereocenters. The second kappa shape index (κ2) is 5.16. The number of hydrogen-bond acceptors (Lipinski definition) is 3. The van der Waals surface area contributed by atoms with Gasteiger partial charge in [0.25, 0.3) is 0 Å². The van der Waals surface area contributed by atoms with Gasteiger partial charge in [-0.05, 0) is 17.5 Å². The molecule has 0 saturated heterocycles. The molecule has 6 heteroatoms. The van der Waals surface area contributed by atoms with Crippen LogP contribution in [-0.2, 0) is 6.54 Å². The van der Waals surface area contributed by atoms with Crippen molar-refractivity contribution in [2.24, 2.45) is 0 Å². The van der Waals surface area contributed by atoms with Gasteiger partial charge in [-0.25, -0.2) is 4.68 Å². The molecule has 2 N–H and O–H groups in total. The molecule has 0 spiro atoms. The number of rotatable bonds is 3. The first-order chi connectivity index (χ1) is 8.50.